The molecule has 1 saturated heterocycles. The number of imidazole rings is 1. The van der Waals surface area contributed by atoms with Crippen LogP contribution in [0.25, 0.3) is 5.82 Å². The Morgan fingerprint density at radius 1 is 1.00 bits per heavy atom. The number of carbonyl (C=O) groups excluding carboxylic acids is 1. The Morgan fingerprint density at radius 3 is 2.50 bits per heavy atom. The lowest BCUT2D eigenvalue weighted by molar-refractivity contribution is 0.208. The van der Waals surface area contributed by atoms with Crippen LogP contribution in [-0.4, -0.2) is 56.6 Å². The fourth-order valence-electron chi connectivity index (χ4n) is 2.96. The van der Waals surface area contributed by atoms with Gasteiger partial charge in [0.25, 0.3) is 0 Å². The van der Waals surface area contributed by atoms with E-state index in [1.807, 2.05) is 6.07 Å². The van der Waals surface area contributed by atoms with Crippen LogP contribution in [0, 0.1) is 11.6 Å². The van der Waals surface area contributed by atoms with Gasteiger partial charge in [-0.05, 0) is 12.1 Å². The minimum Gasteiger partial charge on any atom is -0.353 e. The van der Waals surface area contributed by atoms with Gasteiger partial charge in [-0.2, -0.15) is 0 Å². The summed E-state index contributed by atoms with van der Waals surface area (Å²) >= 11 is 0. The van der Waals surface area contributed by atoms with Crippen molar-refractivity contribution in [1.29, 1.82) is 0 Å². The number of hydrogen-bond acceptors (Lipinski definition) is 5. The summed E-state index contributed by atoms with van der Waals surface area (Å²) in [6.07, 6.45) is 6.62. The number of anilines is 2. The molecule has 1 aliphatic rings. The van der Waals surface area contributed by atoms with E-state index in [0.29, 0.717) is 32.0 Å². The lowest BCUT2D eigenvalue weighted by Crippen LogP contribution is -2.50. The van der Waals surface area contributed by atoms with Gasteiger partial charge < -0.3 is 15.1 Å². The van der Waals surface area contributed by atoms with E-state index >= 15 is 0 Å². The number of carbonyl (C=O) groups is 1. The van der Waals surface area contributed by atoms with E-state index in [4.69, 9.17) is 0 Å². The maximum Gasteiger partial charge on any atom is 0.321 e. The number of piperazine rings is 1. The van der Waals surface area contributed by atoms with Gasteiger partial charge in [-0.25, -0.2) is 28.5 Å². The molecule has 0 spiro atoms. The molecule has 3 heterocycles. The molecule has 10 heteroatoms. The highest BCUT2D eigenvalue weighted by Gasteiger charge is 2.22. The van der Waals surface area contributed by atoms with Crippen LogP contribution in [0.3, 0.4) is 0 Å². The van der Waals surface area contributed by atoms with Gasteiger partial charge in [-0.15, -0.1) is 0 Å². The molecule has 1 N–H and O–H groups in total. The number of rotatable bonds is 3. The van der Waals surface area contributed by atoms with Gasteiger partial charge in [0.15, 0.2) is 11.6 Å². The number of amides is 2. The Morgan fingerprint density at radius 2 is 1.79 bits per heavy atom. The molecule has 1 aromatic carbocycles. The normalized spacial score (nSPS) is 14.2. The topological polar surface area (TPSA) is 79.2 Å². The van der Waals surface area contributed by atoms with Crippen LogP contribution < -0.4 is 10.2 Å². The first-order chi connectivity index (χ1) is 13.6. The Hall–Kier alpha value is -3.56. The highest BCUT2D eigenvalue weighted by Crippen LogP contribution is 2.17. The van der Waals surface area contributed by atoms with Crippen molar-refractivity contribution in [2.45, 2.75) is 0 Å². The zero-order valence-corrected chi connectivity index (χ0v) is 14.8. The first-order valence-electron chi connectivity index (χ1n) is 8.66. The van der Waals surface area contributed by atoms with Gasteiger partial charge >= 0.3 is 6.03 Å². The van der Waals surface area contributed by atoms with Crippen LogP contribution in [0.5, 0.6) is 0 Å². The highest BCUT2D eigenvalue weighted by molar-refractivity contribution is 5.89. The van der Waals surface area contributed by atoms with Crippen molar-refractivity contribution >= 4 is 17.5 Å². The van der Waals surface area contributed by atoms with Crippen LogP contribution in [-0.2, 0) is 0 Å². The van der Waals surface area contributed by atoms with Gasteiger partial charge in [-0.1, -0.05) is 0 Å². The van der Waals surface area contributed by atoms with E-state index in [1.165, 1.54) is 12.4 Å². The molecule has 144 valence electrons. The molecule has 8 nitrogen and oxygen atoms in total. The largest absolute Gasteiger partial charge is 0.353 e. The predicted octanol–water partition coefficient (Wildman–Crippen LogP) is 2.29. The fraction of sp³-hybridized carbons (Fsp3) is 0.222. The third kappa shape index (κ3) is 3.75. The summed E-state index contributed by atoms with van der Waals surface area (Å²) in [5.74, 6) is -0.480. The molecule has 0 bridgehead atoms. The first-order valence-corrected chi connectivity index (χ1v) is 8.66. The van der Waals surface area contributed by atoms with Crippen molar-refractivity contribution in [3.05, 3.63) is 60.9 Å². The predicted molar refractivity (Wildman–Crippen MR) is 98.3 cm³/mol. The quantitative estimate of drug-likeness (QED) is 0.748. The summed E-state index contributed by atoms with van der Waals surface area (Å²) in [6.45, 7) is 2.12. The van der Waals surface area contributed by atoms with Crippen molar-refractivity contribution in [2.75, 3.05) is 36.4 Å². The third-order valence-electron chi connectivity index (χ3n) is 4.47. The molecule has 3 aromatic rings. The number of benzene rings is 1. The number of hydrogen-bond donors (Lipinski definition) is 1. The summed E-state index contributed by atoms with van der Waals surface area (Å²) in [7, 11) is 0. The number of nitrogens with zero attached hydrogens (tertiary/aromatic N) is 6. The molecule has 2 amide bonds. The van der Waals surface area contributed by atoms with Crippen LogP contribution in [0.2, 0.25) is 0 Å². The van der Waals surface area contributed by atoms with Gasteiger partial charge in [0, 0.05) is 56.4 Å². The molecular weight excluding hydrogens is 368 g/mol. The number of nitrogens with one attached hydrogen (secondary N) is 1. The van der Waals surface area contributed by atoms with E-state index < -0.39 is 11.6 Å². The molecule has 0 atom stereocenters. The molecule has 2 aromatic heterocycles. The minimum absolute atomic E-state index is 0.215. The molecular formula is C18H17F2N7O. The van der Waals surface area contributed by atoms with E-state index in [0.717, 1.165) is 18.0 Å². The van der Waals surface area contributed by atoms with Gasteiger partial charge in [0.1, 0.15) is 24.3 Å². The summed E-state index contributed by atoms with van der Waals surface area (Å²) < 4.78 is 28.1. The van der Waals surface area contributed by atoms with Crippen molar-refractivity contribution in [2.24, 2.45) is 0 Å². The summed E-state index contributed by atoms with van der Waals surface area (Å²) in [6, 6.07) is 4.77. The lowest BCUT2D eigenvalue weighted by atomic mass is 10.3. The minimum atomic E-state index is -1.000. The third-order valence-corrected chi connectivity index (χ3v) is 4.47. The van der Waals surface area contributed by atoms with Gasteiger partial charge in [-0.3, -0.25) is 4.57 Å². The molecule has 0 radical (unpaired) electrons. The molecule has 0 saturated carbocycles. The highest BCUT2D eigenvalue weighted by atomic mass is 19.2. The van der Waals surface area contributed by atoms with E-state index in [9.17, 15) is 13.6 Å². The van der Waals surface area contributed by atoms with Crippen LogP contribution in [0.1, 0.15) is 0 Å². The second-order valence-corrected chi connectivity index (χ2v) is 6.24. The zero-order chi connectivity index (χ0) is 19.5. The monoisotopic (exact) mass is 385 g/mol. The SMILES string of the molecule is O=C(Nc1ccc(F)c(F)c1)N1CCN(c2cc(-n3ccnc3)ncn2)CC1. The number of halogens is 2. The molecule has 28 heavy (non-hydrogen) atoms. The van der Waals surface area contributed by atoms with Crippen molar-refractivity contribution in [3.63, 3.8) is 0 Å². The zero-order valence-electron chi connectivity index (χ0n) is 14.8. The standard InChI is InChI=1S/C18H17F2N7O/c19-14-2-1-13(9-15(14)20)24-18(28)26-7-5-25(6-8-26)16-10-17(23-11-22-16)27-4-3-21-12-27/h1-4,9-12H,5-8H2,(H,24,28). The second kappa shape index (κ2) is 7.59. The molecule has 1 aliphatic heterocycles. The fourth-order valence-corrected chi connectivity index (χ4v) is 2.96. The Kier molecular flexibility index (Phi) is 4.83. The summed E-state index contributed by atoms with van der Waals surface area (Å²) in [4.78, 5) is 28.6. The van der Waals surface area contributed by atoms with E-state index in [2.05, 4.69) is 25.2 Å². The van der Waals surface area contributed by atoms with Gasteiger partial charge in [0.05, 0.1) is 0 Å². The van der Waals surface area contributed by atoms with E-state index in [1.54, 1.807) is 28.2 Å². The molecule has 0 unspecified atom stereocenters. The first kappa shape index (κ1) is 17.8. The number of aromatic nitrogens is 4. The maximum atomic E-state index is 13.3. The lowest BCUT2D eigenvalue weighted by Gasteiger charge is -2.35. The van der Waals surface area contributed by atoms with Crippen molar-refractivity contribution < 1.29 is 13.6 Å². The molecule has 4 rings (SSSR count). The average Bonchev–Trinajstić information content (AvgIpc) is 3.26. The van der Waals surface area contributed by atoms with E-state index in [-0.39, 0.29) is 11.7 Å². The molecule has 0 aliphatic carbocycles. The Bertz CT molecular complexity index is 972. The Balaban J connectivity index is 1.37. The molecule has 1 fully saturated rings. The second-order valence-electron chi connectivity index (χ2n) is 6.24. The smallest absolute Gasteiger partial charge is 0.321 e. The summed E-state index contributed by atoms with van der Waals surface area (Å²) in [5.41, 5.74) is 0.215. The van der Waals surface area contributed by atoms with Crippen molar-refractivity contribution in [3.8, 4) is 5.82 Å². The van der Waals surface area contributed by atoms with Crippen LogP contribution >= 0.6 is 0 Å². The maximum absolute atomic E-state index is 13.3. The van der Waals surface area contributed by atoms with Gasteiger partial charge in [0.2, 0.25) is 0 Å². The Labute approximate surface area is 159 Å². The van der Waals surface area contributed by atoms with Crippen LogP contribution in [0.4, 0.5) is 25.1 Å². The average molecular weight is 385 g/mol. The summed E-state index contributed by atoms with van der Waals surface area (Å²) in [5, 5.41) is 2.59. The van der Waals surface area contributed by atoms with Crippen molar-refractivity contribution in [1.82, 2.24) is 24.4 Å². The van der Waals surface area contributed by atoms with Crippen LogP contribution in [0.15, 0.2) is 49.3 Å². The number of urea groups is 1.